The normalized spacial score (nSPS) is 12.4. The van der Waals surface area contributed by atoms with Crippen LogP contribution in [0.15, 0.2) is 36.4 Å². The van der Waals surface area contributed by atoms with Gasteiger partial charge in [0.25, 0.3) is 0 Å². The van der Waals surface area contributed by atoms with Gasteiger partial charge in [0.05, 0.1) is 6.10 Å². The Bertz CT molecular complexity index is 560. The van der Waals surface area contributed by atoms with E-state index in [4.69, 9.17) is 11.6 Å². The van der Waals surface area contributed by atoms with Crippen LogP contribution in [0.5, 0.6) is 0 Å². The van der Waals surface area contributed by atoms with E-state index in [0.29, 0.717) is 17.0 Å². The average Bonchev–Trinajstić information content (AvgIpc) is 2.36. The van der Waals surface area contributed by atoms with Crippen molar-refractivity contribution in [3.8, 4) is 0 Å². The van der Waals surface area contributed by atoms with Crippen molar-refractivity contribution in [2.75, 3.05) is 0 Å². The molecule has 2 rings (SSSR count). The Morgan fingerprint density at radius 1 is 1.05 bits per heavy atom. The van der Waals surface area contributed by atoms with Crippen LogP contribution >= 0.6 is 11.6 Å². The second-order valence-corrected chi connectivity index (χ2v) is 5.30. The summed E-state index contributed by atoms with van der Waals surface area (Å²) in [5, 5.41) is 10.6. The summed E-state index contributed by atoms with van der Waals surface area (Å²) in [6, 6.07) is 8.94. The Morgan fingerprint density at radius 3 is 2.35 bits per heavy atom. The molecule has 0 aliphatic carbocycles. The van der Waals surface area contributed by atoms with Crippen molar-refractivity contribution in [2.24, 2.45) is 0 Å². The molecule has 0 saturated carbocycles. The standard InChI is InChI=1S/C16H15ClF2O/c1-10-2-3-11(15(17)6-10)7-14(20)8-12-4-5-13(18)9-16(12)19/h2-6,9,14,20H,7-8H2,1H3. The van der Waals surface area contributed by atoms with Gasteiger partial charge in [0.1, 0.15) is 11.6 Å². The topological polar surface area (TPSA) is 20.2 Å². The molecule has 20 heavy (non-hydrogen) atoms. The number of benzene rings is 2. The van der Waals surface area contributed by atoms with Gasteiger partial charge in [0.15, 0.2) is 0 Å². The van der Waals surface area contributed by atoms with Crippen LogP contribution in [0.25, 0.3) is 0 Å². The van der Waals surface area contributed by atoms with Crippen LogP contribution in [-0.4, -0.2) is 11.2 Å². The molecule has 0 aliphatic rings. The highest BCUT2D eigenvalue weighted by atomic mass is 35.5. The smallest absolute Gasteiger partial charge is 0.129 e. The Labute approximate surface area is 121 Å². The van der Waals surface area contributed by atoms with E-state index in [2.05, 4.69) is 0 Å². The lowest BCUT2D eigenvalue weighted by Gasteiger charge is -2.13. The number of aliphatic hydroxyl groups is 1. The molecule has 0 radical (unpaired) electrons. The number of hydrogen-bond donors (Lipinski definition) is 1. The molecule has 1 N–H and O–H groups in total. The van der Waals surface area contributed by atoms with Gasteiger partial charge in [0, 0.05) is 23.9 Å². The maximum atomic E-state index is 13.5. The van der Waals surface area contributed by atoms with E-state index in [-0.39, 0.29) is 6.42 Å². The SMILES string of the molecule is Cc1ccc(CC(O)Cc2ccc(F)cc2F)c(Cl)c1. The first kappa shape index (κ1) is 14.9. The van der Waals surface area contributed by atoms with Crippen LogP contribution in [0, 0.1) is 18.6 Å². The van der Waals surface area contributed by atoms with Crippen LogP contribution in [0.4, 0.5) is 8.78 Å². The van der Waals surface area contributed by atoms with Crippen molar-refractivity contribution in [2.45, 2.75) is 25.9 Å². The Hall–Kier alpha value is -1.45. The average molecular weight is 297 g/mol. The van der Waals surface area contributed by atoms with Gasteiger partial charge in [-0.15, -0.1) is 0 Å². The van der Waals surface area contributed by atoms with E-state index < -0.39 is 17.7 Å². The summed E-state index contributed by atoms with van der Waals surface area (Å²) in [5.74, 6) is -1.26. The molecule has 1 unspecified atom stereocenters. The fraction of sp³-hybridized carbons (Fsp3) is 0.250. The predicted octanol–water partition coefficient (Wildman–Crippen LogP) is 4.07. The number of aliphatic hydroxyl groups excluding tert-OH is 1. The van der Waals surface area contributed by atoms with Gasteiger partial charge >= 0.3 is 0 Å². The van der Waals surface area contributed by atoms with E-state index in [1.165, 1.54) is 12.1 Å². The molecular formula is C16H15ClF2O. The minimum atomic E-state index is -0.768. The summed E-state index contributed by atoms with van der Waals surface area (Å²) in [6.45, 7) is 1.93. The van der Waals surface area contributed by atoms with Gasteiger partial charge in [0.2, 0.25) is 0 Å². The lowest BCUT2D eigenvalue weighted by atomic mass is 10.00. The highest BCUT2D eigenvalue weighted by Gasteiger charge is 2.12. The lowest BCUT2D eigenvalue weighted by Crippen LogP contribution is -2.15. The first-order valence-electron chi connectivity index (χ1n) is 6.32. The third-order valence-electron chi connectivity index (χ3n) is 3.13. The molecule has 0 heterocycles. The fourth-order valence-corrected chi connectivity index (χ4v) is 2.40. The van der Waals surface area contributed by atoms with Crippen molar-refractivity contribution in [3.05, 3.63) is 69.7 Å². The summed E-state index contributed by atoms with van der Waals surface area (Å²) in [7, 11) is 0. The van der Waals surface area contributed by atoms with Gasteiger partial charge in [-0.25, -0.2) is 8.78 Å². The number of aryl methyl sites for hydroxylation is 1. The highest BCUT2D eigenvalue weighted by Crippen LogP contribution is 2.20. The maximum absolute atomic E-state index is 13.5. The van der Waals surface area contributed by atoms with Crippen LogP contribution < -0.4 is 0 Å². The molecule has 106 valence electrons. The van der Waals surface area contributed by atoms with Gasteiger partial charge in [-0.1, -0.05) is 29.8 Å². The van der Waals surface area contributed by atoms with E-state index in [1.807, 2.05) is 25.1 Å². The summed E-state index contributed by atoms with van der Waals surface area (Å²) >= 11 is 6.09. The second kappa shape index (κ2) is 6.33. The molecule has 4 heteroatoms. The number of halogens is 3. The minimum absolute atomic E-state index is 0.121. The summed E-state index contributed by atoms with van der Waals surface area (Å²) in [5.41, 5.74) is 2.15. The minimum Gasteiger partial charge on any atom is -0.392 e. The van der Waals surface area contributed by atoms with Crippen molar-refractivity contribution in [3.63, 3.8) is 0 Å². The quantitative estimate of drug-likeness (QED) is 0.901. The largest absolute Gasteiger partial charge is 0.392 e. The third kappa shape index (κ3) is 3.78. The zero-order valence-corrected chi connectivity index (χ0v) is 11.8. The molecule has 2 aromatic carbocycles. The Balaban J connectivity index is 2.07. The Kier molecular flexibility index (Phi) is 4.73. The summed E-state index contributed by atoms with van der Waals surface area (Å²) < 4.78 is 26.3. The van der Waals surface area contributed by atoms with Gasteiger partial charge in [-0.05, 0) is 35.7 Å². The van der Waals surface area contributed by atoms with Gasteiger partial charge < -0.3 is 5.11 Å². The molecule has 0 amide bonds. The summed E-state index contributed by atoms with van der Waals surface area (Å²) in [4.78, 5) is 0. The molecule has 0 aliphatic heterocycles. The van der Waals surface area contributed by atoms with Crippen molar-refractivity contribution >= 4 is 11.6 Å². The Morgan fingerprint density at radius 2 is 1.70 bits per heavy atom. The summed E-state index contributed by atoms with van der Waals surface area (Å²) in [6.07, 6.45) is -0.318. The monoisotopic (exact) mass is 296 g/mol. The zero-order chi connectivity index (χ0) is 14.7. The lowest BCUT2D eigenvalue weighted by molar-refractivity contribution is 0.174. The molecule has 0 fully saturated rings. The molecule has 2 aromatic rings. The molecule has 0 bridgehead atoms. The molecular weight excluding hydrogens is 282 g/mol. The van der Waals surface area contributed by atoms with Gasteiger partial charge in [-0.2, -0.15) is 0 Å². The van der Waals surface area contributed by atoms with Gasteiger partial charge in [-0.3, -0.25) is 0 Å². The third-order valence-corrected chi connectivity index (χ3v) is 3.49. The molecule has 0 saturated heterocycles. The van der Waals surface area contributed by atoms with E-state index in [1.54, 1.807) is 0 Å². The van der Waals surface area contributed by atoms with Crippen LogP contribution in [0.3, 0.4) is 0 Å². The molecule has 1 nitrogen and oxygen atoms in total. The maximum Gasteiger partial charge on any atom is 0.129 e. The zero-order valence-electron chi connectivity index (χ0n) is 11.0. The van der Waals surface area contributed by atoms with E-state index in [9.17, 15) is 13.9 Å². The van der Waals surface area contributed by atoms with Crippen LogP contribution in [0.2, 0.25) is 5.02 Å². The van der Waals surface area contributed by atoms with E-state index >= 15 is 0 Å². The van der Waals surface area contributed by atoms with Crippen LogP contribution in [0.1, 0.15) is 16.7 Å². The van der Waals surface area contributed by atoms with Crippen molar-refractivity contribution in [1.82, 2.24) is 0 Å². The number of rotatable bonds is 4. The second-order valence-electron chi connectivity index (χ2n) is 4.89. The fourth-order valence-electron chi connectivity index (χ4n) is 2.08. The molecule has 0 spiro atoms. The van der Waals surface area contributed by atoms with Crippen molar-refractivity contribution in [1.29, 1.82) is 0 Å². The number of hydrogen-bond acceptors (Lipinski definition) is 1. The van der Waals surface area contributed by atoms with Crippen molar-refractivity contribution < 1.29 is 13.9 Å². The molecule has 1 atom stereocenters. The first-order chi connectivity index (χ1) is 9.45. The van der Waals surface area contributed by atoms with Crippen LogP contribution in [-0.2, 0) is 12.8 Å². The predicted molar refractivity (Wildman–Crippen MR) is 76.0 cm³/mol. The highest BCUT2D eigenvalue weighted by molar-refractivity contribution is 6.31. The first-order valence-corrected chi connectivity index (χ1v) is 6.70. The molecule has 0 aromatic heterocycles. The van der Waals surface area contributed by atoms with E-state index in [0.717, 1.165) is 17.2 Å².